The minimum absolute atomic E-state index is 0.476. The zero-order valence-corrected chi connectivity index (χ0v) is 10.2. The van der Waals surface area contributed by atoms with E-state index >= 15 is 0 Å². The van der Waals surface area contributed by atoms with Crippen molar-refractivity contribution in [3.05, 3.63) is 0 Å². The first kappa shape index (κ1) is 11.4. The van der Waals surface area contributed by atoms with Crippen LogP contribution in [0.3, 0.4) is 0 Å². The molecule has 1 saturated carbocycles. The molecule has 0 amide bonds. The van der Waals surface area contributed by atoms with Crippen LogP contribution in [0.5, 0.6) is 0 Å². The third-order valence-electron chi connectivity index (χ3n) is 3.89. The van der Waals surface area contributed by atoms with E-state index in [1.54, 1.807) is 0 Å². The standard InChI is InChI=1S/C13H25NO/c1-3-14-12(7-6-11-4-5-11)13-10(2)8-9-15-13/h10-14H,3-9H2,1-2H3. The number of hydrogen-bond acceptors (Lipinski definition) is 2. The molecule has 2 heteroatoms. The van der Waals surface area contributed by atoms with Gasteiger partial charge in [0.05, 0.1) is 6.10 Å². The molecule has 0 bridgehead atoms. The Morgan fingerprint density at radius 2 is 2.13 bits per heavy atom. The molecule has 2 aliphatic rings. The summed E-state index contributed by atoms with van der Waals surface area (Å²) in [7, 11) is 0. The van der Waals surface area contributed by atoms with Crippen LogP contribution < -0.4 is 5.32 Å². The third-order valence-corrected chi connectivity index (χ3v) is 3.89. The zero-order chi connectivity index (χ0) is 10.7. The van der Waals surface area contributed by atoms with Crippen LogP contribution in [0.2, 0.25) is 0 Å². The van der Waals surface area contributed by atoms with E-state index in [4.69, 9.17) is 4.74 Å². The molecule has 88 valence electrons. The van der Waals surface area contributed by atoms with Crippen LogP contribution in [0.25, 0.3) is 0 Å². The van der Waals surface area contributed by atoms with Crippen molar-refractivity contribution < 1.29 is 4.74 Å². The van der Waals surface area contributed by atoms with Gasteiger partial charge in [-0.15, -0.1) is 0 Å². The molecule has 2 fully saturated rings. The molecule has 1 heterocycles. The van der Waals surface area contributed by atoms with Crippen LogP contribution in [0.15, 0.2) is 0 Å². The van der Waals surface area contributed by atoms with Crippen molar-refractivity contribution in [2.24, 2.45) is 11.8 Å². The normalized spacial score (nSPS) is 33.2. The van der Waals surface area contributed by atoms with Crippen LogP contribution in [-0.2, 0) is 4.74 Å². The molecule has 1 saturated heterocycles. The SMILES string of the molecule is CCNC(CCC1CC1)C1OCCC1C. The molecular formula is C13H25NO. The highest BCUT2D eigenvalue weighted by molar-refractivity contribution is 4.86. The first-order chi connectivity index (χ1) is 7.31. The number of ether oxygens (including phenoxy) is 1. The highest BCUT2D eigenvalue weighted by Gasteiger charge is 2.32. The van der Waals surface area contributed by atoms with Gasteiger partial charge in [0.15, 0.2) is 0 Å². The van der Waals surface area contributed by atoms with Crippen molar-refractivity contribution in [1.29, 1.82) is 0 Å². The van der Waals surface area contributed by atoms with Gasteiger partial charge in [-0.25, -0.2) is 0 Å². The highest BCUT2D eigenvalue weighted by atomic mass is 16.5. The van der Waals surface area contributed by atoms with Gasteiger partial charge in [0, 0.05) is 12.6 Å². The molecule has 2 rings (SSSR count). The topological polar surface area (TPSA) is 21.3 Å². The number of nitrogens with one attached hydrogen (secondary N) is 1. The van der Waals surface area contributed by atoms with Crippen LogP contribution in [0.4, 0.5) is 0 Å². The fourth-order valence-electron chi connectivity index (χ4n) is 2.70. The van der Waals surface area contributed by atoms with E-state index in [1.165, 1.54) is 32.1 Å². The highest BCUT2D eigenvalue weighted by Crippen LogP contribution is 2.35. The van der Waals surface area contributed by atoms with Crippen LogP contribution >= 0.6 is 0 Å². The summed E-state index contributed by atoms with van der Waals surface area (Å²) in [5, 5.41) is 3.61. The molecule has 0 aromatic carbocycles. The van der Waals surface area contributed by atoms with Crippen LogP contribution in [-0.4, -0.2) is 25.3 Å². The lowest BCUT2D eigenvalue weighted by molar-refractivity contribution is 0.0576. The average Bonchev–Trinajstić information content (AvgIpc) is 2.96. The quantitative estimate of drug-likeness (QED) is 0.729. The Morgan fingerprint density at radius 1 is 1.33 bits per heavy atom. The zero-order valence-electron chi connectivity index (χ0n) is 10.2. The van der Waals surface area contributed by atoms with E-state index in [0.717, 1.165) is 25.0 Å². The summed E-state index contributed by atoms with van der Waals surface area (Å²) >= 11 is 0. The summed E-state index contributed by atoms with van der Waals surface area (Å²) in [5.74, 6) is 1.79. The second-order valence-electron chi connectivity index (χ2n) is 5.29. The Balaban J connectivity index is 1.79. The second kappa shape index (κ2) is 5.31. The molecule has 3 atom stereocenters. The molecule has 2 nitrogen and oxygen atoms in total. The lowest BCUT2D eigenvalue weighted by atomic mass is 9.94. The summed E-state index contributed by atoms with van der Waals surface area (Å²) in [6.45, 7) is 6.57. The fraction of sp³-hybridized carbons (Fsp3) is 1.00. The van der Waals surface area contributed by atoms with Crippen molar-refractivity contribution in [1.82, 2.24) is 5.32 Å². The largest absolute Gasteiger partial charge is 0.376 e. The maximum absolute atomic E-state index is 5.87. The minimum atomic E-state index is 0.476. The summed E-state index contributed by atoms with van der Waals surface area (Å²) in [4.78, 5) is 0. The molecule has 1 N–H and O–H groups in total. The number of likely N-dealkylation sites (N-methyl/N-ethyl adjacent to an activating group) is 1. The Hall–Kier alpha value is -0.0800. The molecule has 0 aromatic heterocycles. The molecular weight excluding hydrogens is 186 g/mol. The maximum atomic E-state index is 5.87. The van der Waals surface area contributed by atoms with Gasteiger partial charge in [-0.2, -0.15) is 0 Å². The van der Waals surface area contributed by atoms with Crippen LogP contribution in [0, 0.1) is 11.8 Å². The van der Waals surface area contributed by atoms with Crippen molar-refractivity contribution in [3.8, 4) is 0 Å². The first-order valence-corrected chi connectivity index (χ1v) is 6.66. The lowest BCUT2D eigenvalue weighted by Crippen LogP contribution is -2.42. The summed E-state index contributed by atoms with van der Waals surface area (Å²) in [6.07, 6.45) is 7.39. The monoisotopic (exact) mass is 211 g/mol. The molecule has 1 aliphatic heterocycles. The summed E-state index contributed by atoms with van der Waals surface area (Å²) < 4.78 is 5.87. The van der Waals surface area contributed by atoms with Gasteiger partial charge >= 0.3 is 0 Å². The third kappa shape index (κ3) is 3.18. The van der Waals surface area contributed by atoms with E-state index in [-0.39, 0.29) is 0 Å². The fourth-order valence-corrected chi connectivity index (χ4v) is 2.70. The minimum Gasteiger partial charge on any atom is -0.376 e. The second-order valence-corrected chi connectivity index (χ2v) is 5.29. The van der Waals surface area contributed by atoms with Crippen molar-refractivity contribution in [2.75, 3.05) is 13.2 Å². The predicted octanol–water partition coefficient (Wildman–Crippen LogP) is 2.58. The maximum Gasteiger partial charge on any atom is 0.0754 e. The van der Waals surface area contributed by atoms with Gasteiger partial charge in [0.2, 0.25) is 0 Å². The van der Waals surface area contributed by atoms with Crippen LogP contribution in [0.1, 0.15) is 46.0 Å². The van der Waals surface area contributed by atoms with Gasteiger partial charge in [-0.1, -0.05) is 26.7 Å². The molecule has 3 unspecified atom stereocenters. The average molecular weight is 211 g/mol. The van der Waals surface area contributed by atoms with Crippen molar-refractivity contribution >= 4 is 0 Å². The van der Waals surface area contributed by atoms with E-state index in [2.05, 4.69) is 19.2 Å². The molecule has 1 aliphatic carbocycles. The molecule has 0 aromatic rings. The first-order valence-electron chi connectivity index (χ1n) is 6.66. The van der Waals surface area contributed by atoms with E-state index in [1.807, 2.05) is 0 Å². The van der Waals surface area contributed by atoms with Crippen molar-refractivity contribution in [2.45, 2.75) is 58.1 Å². The van der Waals surface area contributed by atoms with Gasteiger partial charge < -0.3 is 10.1 Å². The van der Waals surface area contributed by atoms with E-state index in [9.17, 15) is 0 Å². The van der Waals surface area contributed by atoms with Gasteiger partial charge in [-0.3, -0.25) is 0 Å². The Labute approximate surface area is 93.8 Å². The van der Waals surface area contributed by atoms with E-state index in [0.29, 0.717) is 12.1 Å². The van der Waals surface area contributed by atoms with Gasteiger partial charge in [0.1, 0.15) is 0 Å². The molecule has 0 radical (unpaired) electrons. The Bertz CT molecular complexity index is 191. The van der Waals surface area contributed by atoms with Crippen molar-refractivity contribution in [3.63, 3.8) is 0 Å². The predicted molar refractivity (Wildman–Crippen MR) is 62.9 cm³/mol. The smallest absolute Gasteiger partial charge is 0.0754 e. The lowest BCUT2D eigenvalue weighted by Gasteiger charge is -2.26. The molecule has 15 heavy (non-hydrogen) atoms. The summed E-state index contributed by atoms with van der Waals surface area (Å²) in [5.41, 5.74) is 0. The number of hydrogen-bond donors (Lipinski definition) is 1. The Morgan fingerprint density at radius 3 is 2.67 bits per heavy atom. The van der Waals surface area contributed by atoms with Gasteiger partial charge in [0.25, 0.3) is 0 Å². The van der Waals surface area contributed by atoms with E-state index < -0.39 is 0 Å². The van der Waals surface area contributed by atoms with Gasteiger partial charge in [-0.05, 0) is 37.6 Å². The Kier molecular flexibility index (Phi) is 4.04. The number of rotatable bonds is 6. The molecule has 0 spiro atoms. The summed E-state index contributed by atoms with van der Waals surface area (Å²) in [6, 6.07) is 0.605.